The van der Waals surface area contributed by atoms with Gasteiger partial charge in [0.1, 0.15) is 0 Å². The average molecular weight is 379 g/mol. The zero-order valence-electron chi connectivity index (χ0n) is 10.4. The van der Waals surface area contributed by atoms with Crippen LogP contribution in [0.2, 0.25) is 9.36 Å². The van der Waals surface area contributed by atoms with Crippen LogP contribution in [0.3, 0.4) is 0 Å². The Morgan fingerprint density at radius 3 is 2.68 bits per heavy atom. The van der Waals surface area contributed by atoms with E-state index in [1.807, 2.05) is 24.3 Å². The summed E-state index contributed by atoms with van der Waals surface area (Å²) in [5.74, 6) is 0. The summed E-state index contributed by atoms with van der Waals surface area (Å²) in [6.45, 7) is 3.03. The van der Waals surface area contributed by atoms with Crippen LogP contribution in [0.5, 0.6) is 0 Å². The van der Waals surface area contributed by atoms with Gasteiger partial charge in [-0.1, -0.05) is 45.2 Å². The molecule has 0 saturated carbocycles. The van der Waals surface area contributed by atoms with Gasteiger partial charge in [-0.25, -0.2) is 0 Å². The van der Waals surface area contributed by atoms with Crippen LogP contribution in [-0.2, 0) is 6.42 Å². The number of rotatable bonds is 5. The maximum Gasteiger partial charge on any atom is 0.0931 e. The summed E-state index contributed by atoms with van der Waals surface area (Å²) in [7, 11) is 0. The van der Waals surface area contributed by atoms with Crippen LogP contribution in [0.4, 0.5) is 0 Å². The van der Waals surface area contributed by atoms with Crippen molar-refractivity contribution in [1.29, 1.82) is 0 Å². The predicted molar refractivity (Wildman–Crippen MR) is 88.6 cm³/mol. The molecule has 0 aliphatic rings. The van der Waals surface area contributed by atoms with Gasteiger partial charge >= 0.3 is 0 Å². The van der Waals surface area contributed by atoms with Gasteiger partial charge in [0.2, 0.25) is 0 Å². The molecule has 1 aromatic carbocycles. The maximum absolute atomic E-state index is 6.24. The molecule has 1 N–H and O–H groups in total. The number of halogens is 3. The van der Waals surface area contributed by atoms with Crippen LogP contribution >= 0.6 is 50.5 Å². The number of hydrogen-bond acceptors (Lipinski definition) is 2. The highest BCUT2D eigenvalue weighted by Crippen LogP contribution is 2.26. The molecule has 1 aromatic heterocycles. The van der Waals surface area contributed by atoms with Crippen molar-refractivity contribution in [2.24, 2.45) is 0 Å². The van der Waals surface area contributed by atoms with Gasteiger partial charge in [-0.05, 0) is 43.2 Å². The summed E-state index contributed by atoms with van der Waals surface area (Å²) in [6.07, 6.45) is 0.982. The first-order valence-electron chi connectivity index (χ1n) is 5.99. The molecule has 1 heterocycles. The van der Waals surface area contributed by atoms with Crippen molar-refractivity contribution >= 4 is 50.5 Å². The minimum atomic E-state index is 0.232. The van der Waals surface area contributed by atoms with E-state index in [1.165, 1.54) is 4.88 Å². The number of benzene rings is 1. The number of thiophene rings is 1. The lowest BCUT2D eigenvalue weighted by Gasteiger charge is -2.15. The van der Waals surface area contributed by atoms with Crippen LogP contribution in [0, 0.1) is 0 Å². The third kappa shape index (κ3) is 4.47. The molecular formula is C14H14BrCl2NS. The summed E-state index contributed by atoms with van der Waals surface area (Å²) in [6, 6.07) is 10.2. The fraction of sp³-hybridized carbons (Fsp3) is 0.286. The Morgan fingerprint density at radius 1 is 1.26 bits per heavy atom. The zero-order valence-corrected chi connectivity index (χ0v) is 14.3. The fourth-order valence-electron chi connectivity index (χ4n) is 1.86. The van der Waals surface area contributed by atoms with Crippen LogP contribution in [0.25, 0.3) is 0 Å². The third-order valence-corrected chi connectivity index (χ3v) is 4.99. The number of hydrogen-bond donors (Lipinski definition) is 1. The highest BCUT2D eigenvalue weighted by Gasteiger charge is 2.09. The van der Waals surface area contributed by atoms with Gasteiger partial charge in [-0.15, -0.1) is 11.3 Å². The Morgan fingerprint density at radius 2 is 2.05 bits per heavy atom. The Balaban J connectivity index is 1.88. The van der Waals surface area contributed by atoms with Crippen LogP contribution in [0.15, 0.2) is 34.8 Å². The standard InChI is InChI=1S/C14H14BrCl2NS/c1-9(12-4-2-10(15)8-13(12)16)18-7-6-11-3-5-14(17)19-11/h2-5,8-9,18H,6-7H2,1H3. The molecule has 1 unspecified atom stereocenters. The molecule has 19 heavy (non-hydrogen) atoms. The van der Waals surface area contributed by atoms with Gasteiger partial charge in [0.05, 0.1) is 4.34 Å². The topological polar surface area (TPSA) is 12.0 Å². The summed E-state index contributed by atoms with van der Waals surface area (Å²) >= 11 is 17.2. The van der Waals surface area contributed by atoms with Gasteiger partial charge in [-0.2, -0.15) is 0 Å². The average Bonchev–Trinajstić information content (AvgIpc) is 2.75. The van der Waals surface area contributed by atoms with E-state index >= 15 is 0 Å². The highest BCUT2D eigenvalue weighted by molar-refractivity contribution is 9.10. The van der Waals surface area contributed by atoms with Crippen molar-refractivity contribution < 1.29 is 0 Å². The molecular weight excluding hydrogens is 365 g/mol. The highest BCUT2D eigenvalue weighted by atomic mass is 79.9. The first-order valence-corrected chi connectivity index (χ1v) is 8.35. The molecule has 0 aliphatic heterocycles. The molecule has 2 aromatic rings. The van der Waals surface area contributed by atoms with E-state index in [0.29, 0.717) is 0 Å². The first kappa shape index (κ1) is 15.3. The largest absolute Gasteiger partial charge is 0.310 e. The number of nitrogens with one attached hydrogen (secondary N) is 1. The van der Waals surface area contributed by atoms with Gasteiger partial charge < -0.3 is 5.32 Å². The predicted octanol–water partition coefficient (Wildman–Crippen LogP) is 5.71. The molecule has 0 fully saturated rings. The monoisotopic (exact) mass is 377 g/mol. The zero-order chi connectivity index (χ0) is 13.8. The summed E-state index contributed by atoms with van der Waals surface area (Å²) < 4.78 is 1.85. The molecule has 5 heteroatoms. The Bertz CT molecular complexity index is 556. The Kier molecular flexibility index (Phi) is 5.72. The third-order valence-electron chi connectivity index (χ3n) is 2.88. The SMILES string of the molecule is CC(NCCc1ccc(Cl)s1)c1ccc(Br)cc1Cl. The second-order valence-corrected chi connectivity index (χ2v) is 7.42. The van der Waals surface area contributed by atoms with E-state index in [1.54, 1.807) is 11.3 Å². The normalized spacial score (nSPS) is 12.6. The van der Waals surface area contributed by atoms with E-state index in [0.717, 1.165) is 32.4 Å². The molecule has 0 saturated heterocycles. The van der Waals surface area contributed by atoms with Crippen molar-refractivity contribution in [1.82, 2.24) is 5.32 Å². The first-order chi connectivity index (χ1) is 9.06. The second kappa shape index (κ2) is 7.09. The van der Waals surface area contributed by atoms with Crippen molar-refractivity contribution in [2.75, 3.05) is 6.54 Å². The molecule has 102 valence electrons. The van der Waals surface area contributed by atoms with Crippen molar-refractivity contribution in [3.8, 4) is 0 Å². The van der Waals surface area contributed by atoms with Crippen LogP contribution in [0.1, 0.15) is 23.4 Å². The van der Waals surface area contributed by atoms with Crippen LogP contribution < -0.4 is 5.32 Å². The second-order valence-electron chi connectivity index (χ2n) is 4.30. The molecule has 1 atom stereocenters. The van der Waals surface area contributed by atoms with Crippen molar-refractivity contribution in [3.05, 3.63) is 54.6 Å². The molecule has 0 radical (unpaired) electrons. The van der Waals surface area contributed by atoms with Gasteiger partial charge in [-0.3, -0.25) is 0 Å². The minimum Gasteiger partial charge on any atom is -0.310 e. The quantitative estimate of drug-likeness (QED) is 0.702. The molecule has 2 rings (SSSR count). The Hall–Kier alpha value is -0.0600. The van der Waals surface area contributed by atoms with Crippen LogP contribution in [-0.4, -0.2) is 6.54 Å². The van der Waals surface area contributed by atoms with Gasteiger partial charge in [0, 0.05) is 27.0 Å². The van der Waals surface area contributed by atoms with Crippen molar-refractivity contribution in [3.63, 3.8) is 0 Å². The lowest BCUT2D eigenvalue weighted by atomic mass is 10.1. The van der Waals surface area contributed by atoms with E-state index < -0.39 is 0 Å². The molecule has 0 bridgehead atoms. The molecule has 1 nitrogen and oxygen atoms in total. The lowest BCUT2D eigenvalue weighted by Crippen LogP contribution is -2.21. The summed E-state index contributed by atoms with van der Waals surface area (Å²) in [5.41, 5.74) is 1.12. The van der Waals surface area contributed by atoms with E-state index in [2.05, 4.69) is 34.2 Å². The molecule has 0 aliphatic carbocycles. The van der Waals surface area contributed by atoms with E-state index in [4.69, 9.17) is 23.2 Å². The Labute approximate surface area is 136 Å². The smallest absolute Gasteiger partial charge is 0.0931 e. The van der Waals surface area contributed by atoms with E-state index in [9.17, 15) is 0 Å². The summed E-state index contributed by atoms with van der Waals surface area (Å²) in [5, 5.41) is 4.27. The van der Waals surface area contributed by atoms with E-state index in [-0.39, 0.29) is 6.04 Å². The van der Waals surface area contributed by atoms with Gasteiger partial charge in [0.15, 0.2) is 0 Å². The van der Waals surface area contributed by atoms with Gasteiger partial charge in [0.25, 0.3) is 0 Å². The summed E-state index contributed by atoms with van der Waals surface area (Å²) in [4.78, 5) is 1.30. The lowest BCUT2D eigenvalue weighted by molar-refractivity contribution is 0.578. The fourth-order valence-corrected chi connectivity index (χ4v) is 3.78. The van der Waals surface area contributed by atoms with Crippen molar-refractivity contribution in [2.45, 2.75) is 19.4 Å². The molecule has 0 spiro atoms. The molecule has 0 amide bonds. The maximum atomic E-state index is 6.24. The minimum absolute atomic E-state index is 0.232.